The minimum absolute atomic E-state index is 0.0883. The SMILES string of the molecule is CCCCCC/C=C\C(CCCCCCC(=O)NC(CCCN)C(=O)O)OC(=O)CCCCCCCCCCCCCCCCC. The first-order valence-electron chi connectivity index (χ1n) is 19.5. The van der Waals surface area contributed by atoms with Crippen LogP contribution in [0.1, 0.15) is 200 Å². The maximum absolute atomic E-state index is 12.6. The highest BCUT2D eigenvalue weighted by atomic mass is 16.5. The maximum Gasteiger partial charge on any atom is 0.326 e. The number of rotatable bonds is 35. The molecule has 270 valence electrons. The Balaban J connectivity index is 4.16. The van der Waals surface area contributed by atoms with E-state index < -0.39 is 12.0 Å². The van der Waals surface area contributed by atoms with Crippen LogP contribution in [0.2, 0.25) is 0 Å². The summed E-state index contributed by atoms with van der Waals surface area (Å²) in [5.41, 5.74) is 5.47. The van der Waals surface area contributed by atoms with Crippen molar-refractivity contribution >= 4 is 17.8 Å². The van der Waals surface area contributed by atoms with Crippen molar-refractivity contribution in [2.45, 2.75) is 212 Å². The van der Waals surface area contributed by atoms with Gasteiger partial charge in [0.15, 0.2) is 0 Å². The zero-order chi connectivity index (χ0) is 33.9. The average Bonchev–Trinajstić information content (AvgIpc) is 3.04. The fourth-order valence-electron chi connectivity index (χ4n) is 5.83. The summed E-state index contributed by atoms with van der Waals surface area (Å²) in [4.78, 5) is 36.1. The lowest BCUT2D eigenvalue weighted by Gasteiger charge is -2.15. The predicted molar refractivity (Wildman–Crippen MR) is 193 cm³/mol. The molecule has 0 aliphatic rings. The van der Waals surface area contributed by atoms with E-state index in [2.05, 4.69) is 31.3 Å². The van der Waals surface area contributed by atoms with Crippen LogP contribution in [0, 0.1) is 0 Å². The summed E-state index contributed by atoms with van der Waals surface area (Å²) in [6, 6.07) is -0.866. The van der Waals surface area contributed by atoms with Gasteiger partial charge in [0.05, 0.1) is 0 Å². The van der Waals surface area contributed by atoms with Crippen LogP contribution in [0.4, 0.5) is 0 Å². The molecule has 0 fully saturated rings. The van der Waals surface area contributed by atoms with Gasteiger partial charge in [0.25, 0.3) is 0 Å². The van der Waals surface area contributed by atoms with Crippen molar-refractivity contribution in [3.63, 3.8) is 0 Å². The van der Waals surface area contributed by atoms with Crippen LogP contribution >= 0.6 is 0 Å². The third-order valence-corrected chi connectivity index (χ3v) is 8.82. The molecule has 4 N–H and O–H groups in total. The Bertz CT molecular complexity index is 742. The normalized spacial score (nSPS) is 12.8. The molecule has 0 aromatic carbocycles. The van der Waals surface area contributed by atoms with Crippen molar-refractivity contribution < 1.29 is 24.2 Å². The molecule has 7 heteroatoms. The summed E-state index contributed by atoms with van der Waals surface area (Å²) >= 11 is 0. The minimum atomic E-state index is -1.01. The quantitative estimate of drug-likeness (QED) is 0.0357. The first-order valence-corrected chi connectivity index (χ1v) is 19.5. The van der Waals surface area contributed by atoms with Crippen molar-refractivity contribution in [2.24, 2.45) is 5.73 Å². The van der Waals surface area contributed by atoms with Gasteiger partial charge in [0, 0.05) is 12.8 Å². The number of amides is 1. The highest BCUT2D eigenvalue weighted by Crippen LogP contribution is 2.16. The minimum Gasteiger partial charge on any atom is -0.480 e. The molecule has 0 bridgehead atoms. The molecule has 2 atom stereocenters. The van der Waals surface area contributed by atoms with Crippen LogP contribution in [-0.4, -0.2) is 41.6 Å². The van der Waals surface area contributed by atoms with Gasteiger partial charge >= 0.3 is 11.9 Å². The molecule has 0 spiro atoms. The number of aliphatic carboxylic acids is 1. The topological polar surface area (TPSA) is 119 Å². The lowest BCUT2D eigenvalue weighted by molar-refractivity contribution is -0.147. The molecular weight excluding hydrogens is 576 g/mol. The number of carbonyl (C=O) groups excluding carboxylic acids is 2. The molecular formula is C39H74N2O5. The number of carboxylic acids is 1. The van der Waals surface area contributed by atoms with Crippen LogP contribution in [0.3, 0.4) is 0 Å². The fourth-order valence-corrected chi connectivity index (χ4v) is 5.83. The number of esters is 1. The van der Waals surface area contributed by atoms with E-state index in [0.29, 0.717) is 38.6 Å². The van der Waals surface area contributed by atoms with Gasteiger partial charge in [-0.15, -0.1) is 0 Å². The Morgan fingerprint density at radius 1 is 0.630 bits per heavy atom. The van der Waals surface area contributed by atoms with Gasteiger partial charge < -0.3 is 20.9 Å². The van der Waals surface area contributed by atoms with Crippen LogP contribution in [0.5, 0.6) is 0 Å². The third-order valence-electron chi connectivity index (χ3n) is 8.82. The predicted octanol–water partition coefficient (Wildman–Crippen LogP) is 10.3. The molecule has 0 aromatic heterocycles. The van der Waals surface area contributed by atoms with Gasteiger partial charge in [-0.3, -0.25) is 9.59 Å². The molecule has 0 aromatic rings. The monoisotopic (exact) mass is 651 g/mol. The highest BCUT2D eigenvalue weighted by Gasteiger charge is 2.19. The van der Waals surface area contributed by atoms with E-state index in [0.717, 1.165) is 44.9 Å². The first kappa shape index (κ1) is 44.1. The number of carbonyl (C=O) groups is 3. The molecule has 46 heavy (non-hydrogen) atoms. The van der Waals surface area contributed by atoms with Crippen LogP contribution in [0.15, 0.2) is 12.2 Å². The summed E-state index contributed by atoms with van der Waals surface area (Å²) in [7, 11) is 0. The fraction of sp³-hybridized carbons (Fsp3) is 0.872. The summed E-state index contributed by atoms with van der Waals surface area (Å²) in [6.07, 6.45) is 35.6. The van der Waals surface area contributed by atoms with E-state index >= 15 is 0 Å². The molecule has 0 rings (SSSR count). The van der Waals surface area contributed by atoms with E-state index in [1.54, 1.807) is 0 Å². The van der Waals surface area contributed by atoms with Gasteiger partial charge in [0.1, 0.15) is 12.1 Å². The number of hydrogen-bond donors (Lipinski definition) is 3. The summed E-state index contributed by atoms with van der Waals surface area (Å²) < 4.78 is 5.89. The van der Waals surface area contributed by atoms with Gasteiger partial charge in [-0.1, -0.05) is 142 Å². The Hall–Kier alpha value is -1.89. The van der Waals surface area contributed by atoms with Crippen LogP contribution in [0.25, 0.3) is 0 Å². The second-order valence-electron chi connectivity index (χ2n) is 13.3. The number of unbranched alkanes of at least 4 members (excludes halogenated alkanes) is 21. The second-order valence-corrected chi connectivity index (χ2v) is 13.3. The van der Waals surface area contributed by atoms with Crippen molar-refractivity contribution in [2.75, 3.05) is 6.54 Å². The standard InChI is InChI=1S/C39H74N2O5/c1-3-5-7-9-11-12-13-14-15-16-17-18-19-21-27-33-38(43)46-35(29-24-20-10-8-6-4-2)30-25-22-23-26-32-37(42)41-36(39(44)45)31-28-34-40/h24,29,35-36H,3-23,25-28,30-34,40H2,1-2H3,(H,41,42)(H,44,45)/b29-24-. The molecule has 0 aliphatic carbocycles. The maximum atomic E-state index is 12.6. The van der Waals surface area contributed by atoms with Crippen molar-refractivity contribution in [1.29, 1.82) is 0 Å². The van der Waals surface area contributed by atoms with E-state index in [1.807, 2.05) is 0 Å². The molecule has 0 radical (unpaired) electrons. The number of carboxylic acid groups (broad SMARTS) is 1. The number of nitrogens with one attached hydrogen (secondary N) is 1. The molecule has 0 heterocycles. The lowest BCUT2D eigenvalue weighted by Crippen LogP contribution is -2.40. The zero-order valence-corrected chi connectivity index (χ0v) is 30.2. The largest absolute Gasteiger partial charge is 0.480 e. The Morgan fingerprint density at radius 3 is 1.63 bits per heavy atom. The molecule has 1 amide bonds. The van der Waals surface area contributed by atoms with Crippen molar-refractivity contribution in [3.05, 3.63) is 12.2 Å². The van der Waals surface area contributed by atoms with Crippen LogP contribution < -0.4 is 11.1 Å². The summed E-state index contributed by atoms with van der Waals surface area (Å²) in [6.45, 7) is 4.89. The van der Waals surface area contributed by atoms with Gasteiger partial charge in [-0.05, 0) is 64.0 Å². The molecule has 0 aliphatic heterocycles. The summed E-state index contributed by atoms with van der Waals surface area (Å²) in [5.74, 6) is -1.32. The number of ether oxygens (including phenoxy) is 1. The highest BCUT2D eigenvalue weighted by molar-refractivity contribution is 5.83. The number of hydrogen-bond acceptors (Lipinski definition) is 5. The van der Waals surface area contributed by atoms with Gasteiger partial charge in [-0.2, -0.15) is 0 Å². The zero-order valence-electron chi connectivity index (χ0n) is 30.2. The average molecular weight is 651 g/mol. The van der Waals surface area contributed by atoms with Crippen molar-refractivity contribution in [1.82, 2.24) is 5.32 Å². The first-order chi connectivity index (χ1) is 22.4. The van der Waals surface area contributed by atoms with E-state index in [4.69, 9.17) is 10.5 Å². The summed E-state index contributed by atoms with van der Waals surface area (Å²) in [5, 5.41) is 11.9. The molecule has 2 unspecified atom stereocenters. The van der Waals surface area contributed by atoms with E-state index in [9.17, 15) is 19.5 Å². The van der Waals surface area contributed by atoms with E-state index in [-0.39, 0.29) is 18.0 Å². The van der Waals surface area contributed by atoms with Crippen molar-refractivity contribution in [3.8, 4) is 0 Å². The number of nitrogens with two attached hydrogens (primary N) is 1. The Labute approximate surface area is 283 Å². The van der Waals surface area contributed by atoms with Crippen LogP contribution in [-0.2, 0) is 19.1 Å². The Morgan fingerprint density at radius 2 is 1.11 bits per heavy atom. The third kappa shape index (κ3) is 30.7. The van der Waals surface area contributed by atoms with E-state index in [1.165, 1.54) is 109 Å². The smallest absolute Gasteiger partial charge is 0.326 e. The van der Waals surface area contributed by atoms with Gasteiger partial charge in [-0.25, -0.2) is 4.79 Å². The van der Waals surface area contributed by atoms with Gasteiger partial charge in [0.2, 0.25) is 5.91 Å². The lowest BCUT2D eigenvalue weighted by atomic mass is 10.0. The number of allylic oxidation sites excluding steroid dienone is 1. The molecule has 0 saturated heterocycles. The Kier molecular flexibility index (Phi) is 33.0. The second kappa shape index (κ2) is 34.4. The molecule has 7 nitrogen and oxygen atoms in total. The molecule has 0 saturated carbocycles.